The van der Waals surface area contributed by atoms with Crippen molar-refractivity contribution in [1.82, 2.24) is 20.0 Å². The SMILES string of the molecule is Cn1cc(CNc2ncc(Cl)s2)nn1. The van der Waals surface area contributed by atoms with Crippen LogP contribution in [0.1, 0.15) is 5.69 Å². The van der Waals surface area contributed by atoms with Crippen molar-refractivity contribution in [2.45, 2.75) is 6.54 Å². The van der Waals surface area contributed by atoms with Crippen molar-refractivity contribution in [1.29, 1.82) is 0 Å². The molecule has 0 aliphatic carbocycles. The van der Waals surface area contributed by atoms with Crippen molar-refractivity contribution < 1.29 is 0 Å². The van der Waals surface area contributed by atoms with Crippen LogP contribution in [-0.4, -0.2) is 20.0 Å². The molecule has 2 rings (SSSR count). The monoisotopic (exact) mass is 229 g/mol. The van der Waals surface area contributed by atoms with Gasteiger partial charge in [-0.05, 0) is 0 Å². The Labute approximate surface area is 89.7 Å². The van der Waals surface area contributed by atoms with Gasteiger partial charge in [-0.1, -0.05) is 28.2 Å². The summed E-state index contributed by atoms with van der Waals surface area (Å²) in [5.74, 6) is 0. The zero-order valence-electron chi connectivity index (χ0n) is 7.44. The van der Waals surface area contributed by atoms with Gasteiger partial charge >= 0.3 is 0 Å². The van der Waals surface area contributed by atoms with E-state index in [0.717, 1.165) is 10.8 Å². The molecule has 0 fully saturated rings. The summed E-state index contributed by atoms with van der Waals surface area (Å²) in [6.07, 6.45) is 3.47. The van der Waals surface area contributed by atoms with E-state index in [1.165, 1.54) is 11.3 Å². The Morgan fingerprint density at radius 1 is 1.64 bits per heavy atom. The van der Waals surface area contributed by atoms with Crippen LogP contribution in [0.15, 0.2) is 12.4 Å². The van der Waals surface area contributed by atoms with Gasteiger partial charge in [0.25, 0.3) is 0 Å². The molecule has 0 radical (unpaired) electrons. The minimum atomic E-state index is 0.609. The molecular formula is C7H8ClN5S. The first-order valence-corrected chi connectivity index (χ1v) is 5.14. The van der Waals surface area contributed by atoms with E-state index >= 15 is 0 Å². The summed E-state index contributed by atoms with van der Waals surface area (Å²) in [5.41, 5.74) is 0.874. The van der Waals surface area contributed by atoms with Gasteiger partial charge in [0.15, 0.2) is 5.13 Å². The van der Waals surface area contributed by atoms with Crippen molar-refractivity contribution in [3.8, 4) is 0 Å². The zero-order valence-corrected chi connectivity index (χ0v) is 9.01. The molecule has 5 nitrogen and oxygen atoms in total. The Morgan fingerprint density at radius 3 is 3.07 bits per heavy atom. The first kappa shape index (κ1) is 9.42. The molecule has 2 aromatic heterocycles. The van der Waals surface area contributed by atoms with Gasteiger partial charge in [-0.2, -0.15) is 0 Å². The molecule has 74 valence electrons. The molecule has 0 aromatic carbocycles. The molecule has 1 N–H and O–H groups in total. The van der Waals surface area contributed by atoms with Crippen molar-refractivity contribution in [3.63, 3.8) is 0 Å². The average molecular weight is 230 g/mol. The van der Waals surface area contributed by atoms with Crippen LogP contribution in [0.5, 0.6) is 0 Å². The highest BCUT2D eigenvalue weighted by Crippen LogP contribution is 2.22. The second-order valence-electron chi connectivity index (χ2n) is 2.71. The van der Waals surface area contributed by atoms with E-state index in [9.17, 15) is 0 Å². The van der Waals surface area contributed by atoms with Gasteiger partial charge in [-0.25, -0.2) is 4.98 Å². The van der Waals surface area contributed by atoms with Crippen LogP contribution in [0.25, 0.3) is 0 Å². The Morgan fingerprint density at radius 2 is 2.50 bits per heavy atom. The number of nitrogens with one attached hydrogen (secondary N) is 1. The Bertz CT molecular complexity index is 383. The van der Waals surface area contributed by atoms with Crippen LogP contribution in [0.4, 0.5) is 5.13 Å². The maximum Gasteiger partial charge on any atom is 0.184 e. The average Bonchev–Trinajstić information content (AvgIpc) is 2.72. The van der Waals surface area contributed by atoms with E-state index in [1.54, 1.807) is 10.9 Å². The topological polar surface area (TPSA) is 55.6 Å². The first-order valence-electron chi connectivity index (χ1n) is 3.94. The summed E-state index contributed by atoms with van der Waals surface area (Å²) >= 11 is 7.13. The molecule has 0 saturated heterocycles. The lowest BCUT2D eigenvalue weighted by molar-refractivity contribution is 0.713. The fourth-order valence-electron chi connectivity index (χ4n) is 0.979. The number of aryl methyl sites for hydroxylation is 1. The van der Waals surface area contributed by atoms with Crippen LogP contribution in [0, 0.1) is 0 Å². The molecule has 2 aromatic rings. The molecule has 0 amide bonds. The summed E-state index contributed by atoms with van der Waals surface area (Å²) in [7, 11) is 1.83. The molecule has 0 saturated carbocycles. The smallest absolute Gasteiger partial charge is 0.184 e. The predicted octanol–water partition coefficient (Wildman–Crippen LogP) is 1.54. The molecule has 0 aliphatic rings. The summed E-state index contributed by atoms with van der Waals surface area (Å²) in [4.78, 5) is 4.06. The number of rotatable bonds is 3. The fraction of sp³-hybridized carbons (Fsp3) is 0.286. The van der Waals surface area contributed by atoms with E-state index in [0.29, 0.717) is 10.9 Å². The largest absolute Gasteiger partial charge is 0.356 e. The van der Waals surface area contributed by atoms with Crippen LogP contribution >= 0.6 is 22.9 Å². The summed E-state index contributed by atoms with van der Waals surface area (Å²) in [6.45, 7) is 0.609. The lowest BCUT2D eigenvalue weighted by Crippen LogP contribution is -1.98. The molecule has 0 atom stereocenters. The number of hydrogen-bond donors (Lipinski definition) is 1. The Kier molecular flexibility index (Phi) is 2.64. The number of hydrogen-bond acceptors (Lipinski definition) is 5. The Hall–Kier alpha value is -1.14. The Balaban J connectivity index is 1.94. The molecule has 0 spiro atoms. The number of thiazole rings is 1. The van der Waals surface area contributed by atoms with Gasteiger partial charge in [-0.15, -0.1) is 5.10 Å². The van der Waals surface area contributed by atoms with E-state index < -0.39 is 0 Å². The van der Waals surface area contributed by atoms with E-state index in [1.807, 2.05) is 13.2 Å². The summed E-state index contributed by atoms with van der Waals surface area (Å²) in [6, 6.07) is 0. The van der Waals surface area contributed by atoms with Gasteiger partial charge in [0.1, 0.15) is 10.0 Å². The van der Waals surface area contributed by atoms with Crippen LogP contribution in [0.3, 0.4) is 0 Å². The van der Waals surface area contributed by atoms with E-state index in [-0.39, 0.29) is 0 Å². The molecule has 2 heterocycles. The van der Waals surface area contributed by atoms with Crippen molar-refractivity contribution >= 4 is 28.1 Å². The summed E-state index contributed by atoms with van der Waals surface area (Å²) < 4.78 is 2.33. The van der Waals surface area contributed by atoms with Gasteiger partial charge in [-0.3, -0.25) is 4.68 Å². The predicted molar refractivity (Wildman–Crippen MR) is 55.5 cm³/mol. The van der Waals surface area contributed by atoms with Crippen molar-refractivity contribution in [2.24, 2.45) is 7.05 Å². The standard InChI is InChI=1S/C7H8ClN5S/c1-13-4-5(11-12-13)2-9-7-10-3-6(8)14-7/h3-4H,2H2,1H3,(H,9,10). The lowest BCUT2D eigenvalue weighted by Gasteiger charge is -1.96. The second-order valence-corrected chi connectivity index (χ2v) is 4.37. The second kappa shape index (κ2) is 3.93. The maximum atomic E-state index is 5.73. The van der Waals surface area contributed by atoms with Gasteiger partial charge in [0, 0.05) is 13.2 Å². The van der Waals surface area contributed by atoms with Crippen LogP contribution < -0.4 is 5.32 Å². The normalized spacial score (nSPS) is 10.4. The molecular weight excluding hydrogens is 222 g/mol. The van der Waals surface area contributed by atoms with Gasteiger partial charge in [0.05, 0.1) is 12.7 Å². The number of halogens is 1. The van der Waals surface area contributed by atoms with Crippen molar-refractivity contribution in [3.05, 3.63) is 22.4 Å². The third kappa shape index (κ3) is 2.21. The van der Waals surface area contributed by atoms with Crippen molar-refractivity contribution in [2.75, 3.05) is 5.32 Å². The van der Waals surface area contributed by atoms with E-state index in [2.05, 4.69) is 20.6 Å². The highest BCUT2D eigenvalue weighted by molar-refractivity contribution is 7.19. The molecule has 0 bridgehead atoms. The van der Waals surface area contributed by atoms with Gasteiger partial charge in [0.2, 0.25) is 0 Å². The third-order valence-corrected chi connectivity index (χ3v) is 2.62. The molecule has 7 heteroatoms. The third-order valence-electron chi connectivity index (χ3n) is 1.55. The highest BCUT2D eigenvalue weighted by Gasteiger charge is 2.01. The molecule has 14 heavy (non-hydrogen) atoms. The minimum Gasteiger partial charge on any atom is -0.356 e. The van der Waals surface area contributed by atoms with E-state index in [4.69, 9.17) is 11.6 Å². The van der Waals surface area contributed by atoms with Crippen LogP contribution in [-0.2, 0) is 13.6 Å². The highest BCUT2D eigenvalue weighted by atomic mass is 35.5. The number of nitrogens with zero attached hydrogens (tertiary/aromatic N) is 4. The molecule has 0 aliphatic heterocycles. The lowest BCUT2D eigenvalue weighted by atomic mass is 10.5. The zero-order chi connectivity index (χ0) is 9.97. The fourth-order valence-corrected chi connectivity index (χ4v) is 1.79. The summed E-state index contributed by atoms with van der Waals surface area (Å²) in [5, 5.41) is 11.6. The first-order chi connectivity index (χ1) is 6.74. The minimum absolute atomic E-state index is 0.609. The maximum absolute atomic E-state index is 5.73. The quantitative estimate of drug-likeness (QED) is 0.868. The molecule has 0 unspecified atom stereocenters. The number of aromatic nitrogens is 4. The van der Waals surface area contributed by atoms with Crippen LogP contribution in [0.2, 0.25) is 4.34 Å². The number of anilines is 1. The van der Waals surface area contributed by atoms with Gasteiger partial charge < -0.3 is 5.32 Å².